The molecule has 0 aromatic carbocycles. The van der Waals surface area contributed by atoms with Gasteiger partial charge in [-0.2, -0.15) is 0 Å². The number of carbonyl (C=O) groups is 2. The van der Waals surface area contributed by atoms with Crippen LogP contribution >= 0.6 is 0 Å². The molecule has 2 saturated heterocycles. The fourth-order valence-corrected chi connectivity index (χ4v) is 7.38. The van der Waals surface area contributed by atoms with E-state index in [1.54, 1.807) is 0 Å². The summed E-state index contributed by atoms with van der Waals surface area (Å²) in [6, 6.07) is 0. The van der Waals surface area contributed by atoms with Gasteiger partial charge in [0.05, 0.1) is 19.8 Å². The van der Waals surface area contributed by atoms with Crippen molar-refractivity contribution in [2.75, 3.05) is 26.4 Å². The van der Waals surface area contributed by atoms with Crippen LogP contribution < -0.4 is 0 Å². The molecule has 0 aliphatic carbocycles. The van der Waals surface area contributed by atoms with Crippen LogP contribution in [-0.4, -0.2) is 142 Å². The Kier molecular flexibility index (Phi) is 34.2. The maximum Gasteiger partial charge on any atom is 0.306 e. The largest absolute Gasteiger partial charge is 0.462 e. The fraction of sp³-hybridized carbons (Fsp3) is 0.765. The number of hydrogen-bond donors (Lipinski definition) is 7. The number of esters is 2. The van der Waals surface area contributed by atoms with E-state index in [0.717, 1.165) is 96.3 Å². The predicted molar refractivity (Wildman–Crippen MR) is 252 cm³/mol. The number of hydrogen-bond acceptors (Lipinski definition) is 15. The van der Waals surface area contributed by atoms with Gasteiger partial charge in [0.1, 0.15) is 55.4 Å². The normalized spacial score (nSPS) is 26.7. The van der Waals surface area contributed by atoms with Crippen molar-refractivity contribution < 1.29 is 73.8 Å². The second kappa shape index (κ2) is 38.1. The zero-order chi connectivity index (χ0) is 48.2. The van der Waals surface area contributed by atoms with E-state index in [1.165, 1.54) is 19.3 Å². The Labute approximate surface area is 394 Å². The Balaban J connectivity index is 1.84. The van der Waals surface area contributed by atoms with Crippen molar-refractivity contribution in [2.24, 2.45) is 0 Å². The number of rotatable bonds is 37. The molecule has 4 unspecified atom stereocenters. The number of unbranched alkanes of at least 4 members (excludes halogenated alkanes) is 13. The summed E-state index contributed by atoms with van der Waals surface area (Å²) in [6.07, 6.45) is 25.3. The van der Waals surface area contributed by atoms with E-state index in [1.807, 2.05) is 0 Å². The van der Waals surface area contributed by atoms with Crippen LogP contribution in [-0.2, 0) is 38.0 Å². The molecule has 2 heterocycles. The molecule has 2 aliphatic heterocycles. The Morgan fingerprint density at radius 3 is 1.50 bits per heavy atom. The first-order valence-corrected chi connectivity index (χ1v) is 24.9. The average molecular weight is 939 g/mol. The highest BCUT2D eigenvalue weighted by atomic mass is 16.7. The number of aliphatic hydroxyl groups excluding tert-OH is 7. The lowest BCUT2D eigenvalue weighted by atomic mass is 9.98. The molecule has 0 saturated carbocycles. The highest BCUT2D eigenvalue weighted by molar-refractivity contribution is 5.70. The van der Waals surface area contributed by atoms with Crippen molar-refractivity contribution >= 4 is 11.9 Å². The highest BCUT2D eigenvalue weighted by Gasteiger charge is 2.47. The Bertz CT molecular complexity index is 1380. The Morgan fingerprint density at radius 1 is 0.500 bits per heavy atom. The topological polar surface area (TPSA) is 231 Å². The lowest BCUT2D eigenvalue weighted by Crippen LogP contribution is -2.61. The number of aliphatic hydroxyl groups is 7. The summed E-state index contributed by atoms with van der Waals surface area (Å²) in [5.74, 6) is -0.966. The van der Waals surface area contributed by atoms with Crippen LogP contribution in [0.3, 0.4) is 0 Å². The van der Waals surface area contributed by atoms with Crippen molar-refractivity contribution in [3.05, 3.63) is 60.8 Å². The smallest absolute Gasteiger partial charge is 0.306 e. The summed E-state index contributed by atoms with van der Waals surface area (Å²) >= 11 is 0. The van der Waals surface area contributed by atoms with E-state index in [9.17, 15) is 45.3 Å². The summed E-state index contributed by atoms with van der Waals surface area (Å²) in [6.45, 7) is 2.40. The summed E-state index contributed by atoms with van der Waals surface area (Å²) in [4.78, 5) is 25.7. The minimum atomic E-state index is -1.77. The third kappa shape index (κ3) is 26.1. The minimum absolute atomic E-state index is 0.140. The molecule has 11 atom stereocenters. The van der Waals surface area contributed by atoms with Crippen molar-refractivity contribution in [1.29, 1.82) is 0 Å². The van der Waals surface area contributed by atoms with Crippen molar-refractivity contribution in [1.82, 2.24) is 0 Å². The average Bonchev–Trinajstić information content (AvgIpc) is 3.31. The molecular formula is C51H86O15. The molecule has 0 radical (unpaired) electrons. The number of ether oxygens (including phenoxy) is 6. The van der Waals surface area contributed by atoms with Crippen LogP contribution in [0.5, 0.6) is 0 Å². The van der Waals surface area contributed by atoms with Crippen LogP contribution in [0.25, 0.3) is 0 Å². The quantitative estimate of drug-likeness (QED) is 0.0201. The summed E-state index contributed by atoms with van der Waals surface area (Å²) in [5.41, 5.74) is 0. The van der Waals surface area contributed by atoms with Gasteiger partial charge in [0.25, 0.3) is 0 Å². The van der Waals surface area contributed by atoms with Gasteiger partial charge < -0.3 is 64.2 Å². The number of carbonyl (C=O) groups excluding carboxylic acids is 2. The second-order valence-electron chi connectivity index (χ2n) is 17.3. The molecule has 15 nitrogen and oxygen atoms in total. The minimum Gasteiger partial charge on any atom is -0.462 e. The maximum absolute atomic E-state index is 13.0. The van der Waals surface area contributed by atoms with Gasteiger partial charge in [-0.15, -0.1) is 0 Å². The van der Waals surface area contributed by atoms with Crippen LogP contribution in [0.2, 0.25) is 0 Å². The van der Waals surface area contributed by atoms with E-state index in [0.29, 0.717) is 12.8 Å². The van der Waals surface area contributed by atoms with E-state index in [4.69, 9.17) is 28.4 Å². The molecule has 0 spiro atoms. The first-order valence-electron chi connectivity index (χ1n) is 24.9. The third-order valence-corrected chi connectivity index (χ3v) is 11.5. The molecule has 380 valence electrons. The molecule has 7 N–H and O–H groups in total. The Hall–Kier alpha value is -2.80. The van der Waals surface area contributed by atoms with Crippen molar-refractivity contribution in [3.63, 3.8) is 0 Å². The molecule has 0 bridgehead atoms. The molecule has 66 heavy (non-hydrogen) atoms. The van der Waals surface area contributed by atoms with E-state index in [2.05, 4.69) is 74.6 Å². The van der Waals surface area contributed by atoms with Crippen LogP contribution in [0.15, 0.2) is 60.8 Å². The SMILES string of the molecule is CC/C=C/C/C=C/C/C=C/CCCCCCCC(=O)O[C@H](COC(=O)CCCCCCC/C=C/C/C=C/CCCCC)CO[C@@H]1O[C@H](CO[C@@H]2O[C@H](CO)[C@H](O)C(O)C2O)[C@H](O)C(O)C1O. The van der Waals surface area contributed by atoms with Gasteiger partial charge in [0.15, 0.2) is 18.7 Å². The standard InChI is InChI=1S/C51H86O15/c1-3-5-7-9-11-13-15-17-19-21-23-25-27-29-31-33-42(53)61-36-39(64-43(54)34-32-30-28-26-24-22-20-18-16-14-12-10-8-6-4-2)37-62-50-49(60)47(58)45(56)41(66-50)38-63-51-48(59)46(57)44(55)40(35-52)65-51/h6,8,11-14,17-20,39-41,44-52,55-60H,3-5,7,9-10,15-16,21-38H2,1-2H3/b8-6+,13-11+,14-12+,19-17+,20-18+/t39-,40-,41-,44+,45+,46?,47?,48?,49?,50-,51-/m1/s1. The van der Waals surface area contributed by atoms with Crippen LogP contribution in [0.1, 0.15) is 155 Å². The third-order valence-electron chi connectivity index (χ3n) is 11.5. The lowest BCUT2D eigenvalue weighted by Gasteiger charge is -2.42. The van der Waals surface area contributed by atoms with E-state index >= 15 is 0 Å². The van der Waals surface area contributed by atoms with Gasteiger partial charge in [0.2, 0.25) is 0 Å². The molecule has 0 aromatic rings. The fourth-order valence-electron chi connectivity index (χ4n) is 7.38. The van der Waals surface area contributed by atoms with E-state index in [-0.39, 0.29) is 19.4 Å². The molecule has 2 rings (SSSR count). The zero-order valence-corrected chi connectivity index (χ0v) is 39.9. The lowest BCUT2D eigenvalue weighted by molar-refractivity contribution is -0.332. The highest BCUT2D eigenvalue weighted by Crippen LogP contribution is 2.26. The first kappa shape index (κ1) is 59.3. The Morgan fingerprint density at radius 2 is 0.955 bits per heavy atom. The van der Waals surface area contributed by atoms with Gasteiger partial charge >= 0.3 is 11.9 Å². The van der Waals surface area contributed by atoms with Gasteiger partial charge in [-0.1, -0.05) is 126 Å². The molecule has 0 aromatic heterocycles. The molecule has 0 amide bonds. The van der Waals surface area contributed by atoms with Crippen LogP contribution in [0, 0.1) is 0 Å². The molecule has 2 aliphatic rings. The van der Waals surface area contributed by atoms with Gasteiger partial charge in [-0.3, -0.25) is 9.59 Å². The van der Waals surface area contributed by atoms with Gasteiger partial charge in [-0.25, -0.2) is 0 Å². The maximum atomic E-state index is 13.0. The van der Waals surface area contributed by atoms with Gasteiger partial charge in [0, 0.05) is 12.8 Å². The summed E-state index contributed by atoms with van der Waals surface area (Å²) in [5, 5.41) is 72.0. The van der Waals surface area contributed by atoms with Gasteiger partial charge in [-0.05, 0) is 77.0 Å². The second-order valence-corrected chi connectivity index (χ2v) is 17.3. The molecular weight excluding hydrogens is 853 g/mol. The number of allylic oxidation sites excluding steroid dienone is 10. The predicted octanol–water partition coefficient (Wildman–Crippen LogP) is 6.49. The van der Waals surface area contributed by atoms with Crippen LogP contribution in [0.4, 0.5) is 0 Å². The first-order chi connectivity index (χ1) is 32.0. The monoisotopic (exact) mass is 939 g/mol. The summed E-state index contributed by atoms with van der Waals surface area (Å²) in [7, 11) is 0. The zero-order valence-electron chi connectivity index (χ0n) is 39.9. The molecule has 15 heteroatoms. The van der Waals surface area contributed by atoms with Crippen molar-refractivity contribution in [2.45, 2.75) is 223 Å². The molecule has 2 fully saturated rings. The van der Waals surface area contributed by atoms with E-state index < -0.39 is 99.3 Å². The summed E-state index contributed by atoms with van der Waals surface area (Å²) < 4.78 is 33.5. The van der Waals surface area contributed by atoms with Crippen molar-refractivity contribution in [3.8, 4) is 0 Å².